The molecule has 1 aliphatic heterocycles. The second-order valence-corrected chi connectivity index (χ2v) is 5.34. The third kappa shape index (κ3) is 3.28. The second-order valence-electron chi connectivity index (χ2n) is 5.34. The van der Waals surface area contributed by atoms with Crippen molar-refractivity contribution in [1.82, 2.24) is 4.90 Å². The number of benzene rings is 1. The molecule has 7 heteroatoms. The van der Waals surface area contributed by atoms with Crippen molar-refractivity contribution in [3.63, 3.8) is 0 Å². The van der Waals surface area contributed by atoms with Crippen LogP contribution in [-0.2, 0) is 0 Å². The van der Waals surface area contributed by atoms with Gasteiger partial charge in [0.1, 0.15) is 0 Å². The van der Waals surface area contributed by atoms with Crippen molar-refractivity contribution in [1.29, 1.82) is 0 Å². The maximum Gasteiger partial charge on any atom is 0.270 e. The lowest BCUT2D eigenvalue weighted by molar-refractivity contribution is -0.384. The Balaban J connectivity index is 1.66. The number of nitro groups is 1. The number of anilines is 1. The van der Waals surface area contributed by atoms with Crippen LogP contribution in [0.1, 0.15) is 10.4 Å². The van der Waals surface area contributed by atoms with Crippen molar-refractivity contribution in [2.75, 3.05) is 31.1 Å². The first-order chi connectivity index (χ1) is 11.1. The minimum absolute atomic E-state index is 0.0602. The summed E-state index contributed by atoms with van der Waals surface area (Å²) in [5.74, 6) is -0.158. The number of carbonyl (C=O) groups excluding carboxylic acids is 1. The van der Waals surface area contributed by atoms with Gasteiger partial charge in [0.2, 0.25) is 0 Å². The number of nitrogens with zero attached hydrogens (tertiary/aromatic N) is 3. The van der Waals surface area contributed by atoms with Gasteiger partial charge in [0, 0.05) is 61.7 Å². The van der Waals surface area contributed by atoms with E-state index in [-0.39, 0.29) is 11.6 Å². The summed E-state index contributed by atoms with van der Waals surface area (Å²) in [6.07, 6.45) is 3.74. The molecule has 7 nitrogen and oxygen atoms in total. The molecule has 1 aromatic carbocycles. The fraction of sp³-hybridized carbons (Fsp3) is 0.250. The van der Waals surface area contributed by atoms with E-state index in [0.717, 1.165) is 18.8 Å². The minimum Gasteiger partial charge on any atom is -0.368 e. The van der Waals surface area contributed by atoms with Gasteiger partial charge in [0.05, 0.1) is 4.92 Å². The van der Waals surface area contributed by atoms with Gasteiger partial charge < -0.3 is 9.80 Å². The largest absolute Gasteiger partial charge is 0.368 e. The molecule has 2 heterocycles. The van der Waals surface area contributed by atoms with Crippen molar-refractivity contribution in [3.05, 3.63) is 64.5 Å². The molecule has 1 amide bonds. The van der Waals surface area contributed by atoms with Crippen LogP contribution in [0.2, 0.25) is 0 Å². The highest BCUT2D eigenvalue weighted by atomic mass is 16.6. The first-order valence-electron chi connectivity index (χ1n) is 7.40. The van der Waals surface area contributed by atoms with Crippen molar-refractivity contribution >= 4 is 17.3 Å². The summed E-state index contributed by atoms with van der Waals surface area (Å²) >= 11 is 0. The van der Waals surface area contributed by atoms with Crippen LogP contribution in [0.3, 0.4) is 0 Å². The SMILES string of the molecule is O=C(c1cccc([N+](=O)[O-])c1)N1CCN(c2cc[nH+]cc2)CC1. The van der Waals surface area contributed by atoms with Crippen LogP contribution in [0.5, 0.6) is 0 Å². The van der Waals surface area contributed by atoms with Crippen LogP contribution in [0.25, 0.3) is 0 Å². The minimum atomic E-state index is -0.485. The van der Waals surface area contributed by atoms with Crippen LogP contribution >= 0.6 is 0 Å². The Kier molecular flexibility index (Phi) is 4.18. The number of H-pyrrole nitrogens is 1. The van der Waals surface area contributed by atoms with Gasteiger partial charge in [-0.1, -0.05) is 6.07 Å². The van der Waals surface area contributed by atoms with E-state index in [1.54, 1.807) is 17.0 Å². The van der Waals surface area contributed by atoms with E-state index >= 15 is 0 Å². The number of non-ortho nitro benzene ring substituents is 1. The molecule has 0 spiro atoms. The summed E-state index contributed by atoms with van der Waals surface area (Å²) in [5, 5.41) is 10.8. The van der Waals surface area contributed by atoms with Crippen LogP contribution in [-0.4, -0.2) is 41.9 Å². The molecular weight excluding hydrogens is 296 g/mol. The smallest absolute Gasteiger partial charge is 0.270 e. The zero-order valence-electron chi connectivity index (χ0n) is 12.5. The lowest BCUT2D eigenvalue weighted by Gasteiger charge is -2.35. The molecule has 0 radical (unpaired) electrons. The Morgan fingerprint density at radius 3 is 2.43 bits per heavy atom. The summed E-state index contributed by atoms with van der Waals surface area (Å²) in [6.45, 7) is 2.68. The van der Waals surface area contributed by atoms with Crippen LogP contribution < -0.4 is 9.88 Å². The van der Waals surface area contributed by atoms with Crippen LogP contribution in [0, 0.1) is 10.1 Å². The Labute approximate surface area is 133 Å². The zero-order valence-corrected chi connectivity index (χ0v) is 12.5. The fourth-order valence-electron chi connectivity index (χ4n) is 2.69. The highest BCUT2D eigenvalue weighted by Crippen LogP contribution is 2.18. The van der Waals surface area contributed by atoms with E-state index in [9.17, 15) is 14.9 Å². The Bertz CT molecular complexity index is 712. The van der Waals surface area contributed by atoms with E-state index in [0.29, 0.717) is 18.7 Å². The average molecular weight is 313 g/mol. The molecule has 0 saturated carbocycles. The second kappa shape index (κ2) is 6.43. The summed E-state index contributed by atoms with van der Waals surface area (Å²) in [5.41, 5.74) is 1.42. The molecule has 1 aliphatic rings. The summed E-state index contributed by atoms with van der Waals surface area (Å²) in [6, 6.07) is 9.88. The molecule has 0 unspecified atom stereocenters. The van der Waals surface area contributed by atoms with Crippen molar-refractivity contribution < 1.29 is 14.7 Å². The Morgan fingerprint density at radius 2 is 1.78 bits per heavy atom. The zero-order chi connectivity index (χ0) is 16.2. The van der Waals surface area contributed by atoms with E-state index < -0.39 is 4.92 Å². The van der Waals surface area contributed by atoms with Crippen molar-refractivity contribution in [2.45, 2.75) is 0 Å². The number of aromatic amines is 1. The maximum absolute atomic E-state index is 12.5. The number of rotatable bonds is 3. The first-order valence-corrected chi connectivity index (χ1v) is 7.40. The van der Waals surface area contributed by atoms with E-state index in [1.807, 2.05) is 24.5 Å². The molecular formula is C16H17N4O3+. The summed E-state index contributed by atoms with van der Waals surface area (Å²) < 4.78 is 0. The van der Waals surface area contributed by atoms with Gasteiger partial charge in [-0.2, -0.15) is 0 Å². The summed E-state index contributed by atoms with van der Waals surface area (Å²) in [4.78, 5) is 29.8. The predicted molar refractivity (Wildman–Crippen MR) is 84.2 cm³/mol. The highest BCUT2D eigenvalue weighted by molar-refractivity contribution is 5.95. The quantitative estimate of drug-likeness (QED) is 0.633. The molecule has 2 aromatic rings. The van der Waals surface area contributed by atoms with Crippen molar-refractivity contribution in [2.24, 2.45) is 0 Å². The number of nitrogens with one attached hydrogen (secondary N) is 1. The topological polar surface area (TPSA) is 80.8 Å². The highest BCUT2D eigenvalue weighted by Gasteiger charge is 2.23. The molecule has 1 N–H and O–H groups in total. The summed E-state index contributed by atoms with van der Waals surface area (Å²) in [7, 11) is 0. The molecule has 0 atom stereocenters. The van der Waals surface area contributed by atoms with Gasteiger partial charge >= 0.3 is 0 Å². The normalized spacial score (nSPS) is 14.6. The van der Waals surface area contributed by atoms with Gasteiger partial charge in [0.25, 0.3) is 11.6 Å². The number of aromatic nitrogens is 1. The van der Waals surface area contributed by atoms with E-state index in [1.165, 1.54) is 12.1 Å². The third-order valence-electron chi connectivity index (χ3n) is 3.94. The van der Waals surface area contributed by atoms with Gasteiger partial charge in [-0.15, -0.1) is 0 Å². The molecule has 23 heavy (non-hydrogen) atoms. The number of hydrogen-bond acceptors (Lipinski definition) is 4. The molecule has 118 valence electrons. The third-order valence-corrected chi connectivity index (χ3v) is 3.94. The first kappa shape index (κ1) is 15.0. The number of piperazine rings is 1. The van der Waals surface area contributed by atoms with Gasteiger partial charge in [-0.05, 0) is 6.07 Å². The van der Waals surface area contributed by atoms with Crippen LogP contribution in [0.4, 0.5) is 11.4 Å². The Morgan fingerprint density at radius 1 is 1.09 bits per heavy atom. The number of carbonyl (C=O) groups is 1. The number of hydrogen-bond donors (Lipinski definition) is 0. The molecule has 0 aliphatic carbocycles. The monoisotopic (exact) mass is 313 g/mol. The lowest BCUT2D eigenvalue weighted by Crippen LogP contribution is -2.48. The maximum atomic E-state index is 12.5. The standard InChI is InChI=1S/C16H16N4O3/c21-16(13-2-1-3-15(12-13)20(22)23)19-10-8-18(9-11-19)14-4-6-17-7-5-14/h1-7,12H,8-11H2/p+1. The number of pyridine rings is 1. The molecule has 1 aromatic heterocycles. The molecule has 0 bridgehead atoms. The Hall–Kier alpha value is -2.96. The van der Waals surface area contributed by atoms with Crippen molar-refractivity contribution in [3.8, 4) is 0 Å². The number of nitro benzene ring substituents is 1. The fourth-order valence-corrected chi connectivity index (χ4v) is 2.69. The van der Waals surface area contributed by atoms with E-state index in [4.69, 9.17) is 0 Å². The molecule has 3 rings (SSSR count). The van der Waals surface area contributed by atoms with Gasteiger partial charge in [0.15, 0.2) is 12.4 Å². The lowest BCUT2D eigenvalue weighted by atomic mass is 10.1. The molecule has 1 saturated heterocycles. The van der Waals surface area contributed by atoms with Crippen LogP contribution in [0.15, 0.2) is 48.8 Å². The average Bonchev–Trinajstić information content (AvgIpc) is 2.62. The van der Waals surface area contributed by atoms with Gasteiger partial charge in [-0.3, -0.25) is 14.9 Å². The number of amides is 1. The molecule has 1 fully saturated rings. The van der Waals surface area contributed by atoms with Gasteiger partial charge in [-0.25, -0.2) is 4.98 Å². The van der Waals surface area contributed by atoms with E-state index in [2.05, 4.69) is 9.88 Å². The predicted octanol–water partition coefficient (Wildman–Crippen LogP) is 1.37.